The third-order valence-electron chi connectivity index (χ3n) is 3.06. The predicted octanol–water partition coefficient (Wildman–Crippen LogP) is 2.22. The number of hydrogen-bond acceptors (Lipinski definition) is 5. The van der Waals surface area contributed by atoms with Crippen molar-refractivity contribution >= 4 is 23.5 Å². The lowest BCUT2D eigenvalue weighted by molar-refractivity contribution is -0.147. The van der Waals surface area contributed by atoms with Gasteiger partial charge in [0, 0.05) is 11.7 Å². The molecule has 6 nitrogen and oxygen atoms in total. The largest absolute Gasteiger partial charge is 0.460 e. The molecule has 1 N–H and O–H groups in total. The van der Waals surface area contributed by atoms with Gasteiger partial charge in [-0.2, -0.15) is 0 Å². The normalized spacial score (nSPS) is 15.0. The molecule has 0 fully saturated rings. The quantitative estimate of drug-likeness (QED) is 0.389. The van der Waals surface area contributed by atoms with E-state index >= 15 is 0 Å². The second-order valence-corrected chi connectivity index (χ2v) is 4.98. The number of carbonyl (C=O) groups excluding carboxylic acids is 2. The summed E-state index contributed by atoms with van der Waals surface area (Å²) in [4.78, 5) is 34.2. The molecule has 0 aliphatic carbocycles. The first-order chi connectivity index (χ1) is 10.6. The molecule has 1 unspecified atom stereocenters. The van der Waals surface area contributed by atoms with E-state index in [1.165, 1.54) is 0 Å². The standard InChI is InChI=1S/C15H13ClN2O4/c16-12-7-6-10(8-17-12)9-22-15(20)13(14(19)18-21)11-4-2-1-3-5-11/h1-7,13,17H,8-9H2. The summed E-state index contributed by atoms with van der Waals surface area (Å²) in [5.41, 5.74) is 1.16. The molecule has 1 aliphatic heterocycles. The van der Waals surface area contributed by atoms with E-state index in [9.17, 15) is 14.5 Å². The molecule has 2 rings (SSSR count). The molecule has 1 aromatic rings. The number of nitroso groups, excluding NO2 is 1. The highest BCUT2D eigenvalue weighted by molar-refractivity contribution is 6.29. The number of amides is 1. The van der Waals surface area contributed by atoms with Gasteiger partial charge in [0.2, 0.25) is 0 Å². The van der Waals surface area contributed by atoms with Gasteiger partial charge in [-0.3, -0.25) is 9.59 Å². The van der Waals surface area contributed by atoms with Crippen LogP contribution in [-0.2, 0) is 14.3 Å². The fourth-order valence-electron chi connectivity index (χ4n) is 1.93. The molecule has 0 saturated heterocycles. The van der Waals surface area contributed by atoms with Gasteiger partial charge in [-0.1, -0.05) is 48.0 Å². The number of dihydropyridines is 1. The van der Waals surface area contributed by atoms with Crippen LogP contribution in [0.2, 0.25) is 0 Å². The van der Waals surface area contributed by atoms with Crippen LogP contribution in [-0.4, -0.2) is 25.0 Å². The number of rotatable bonds is 5. The highest BCUT2D eigenvalue weighted by Gasteiger charge is 2.31. The van der Waals surface area contributed by atoms with Gasteiger partial charge < -0.3 is 10.1 Å². The molecule has 0 radical (unpaired) electrons. The van der Waals surface area contributed by atoms with Crippen LogP contribution in [0.15, 0.2) is 58.4 Å². The summed E-state index contributed by atoms with van der Waals surface area (Å²) in [5.74, 6) is -3.22. The molecule has 7 heteroatoms. The molecule has 22 heavy (non-hydrogen) atoms. The van der Waals surface area contributed by atoms with Crippen LogP contribution in [0.4, 0.5) is 0 Å². The smallest absolute Gasteiger partial charge is 0.323 e. The van der Waals surface area contributed by atoms with E-state index < -0.39 is 17.8 Å². The first-order valence-corrected chi connectivity index (χ1v) is 6.87. The molecular weight excluding hydrogens is 308 g/mol. The maximum absolute atomic E-state index is 12.1. The van der Waals surface area contributed by atoms with Gasteiger partial charge in [-0.15, -0.1) is 4.91 Å². The number of halogens is 1. The second kappa shape index (κ2) is 7.51. The molecule has 1 amide bonds. The minimum absolute atomic E-state index is 0.00196. The third kappa shape index (κ3) is 4.02. The van der Waals surface area contributed by atoms with Crippen molar-refractivity contribution in [2.24, 2.45) is 5.18 Å². The lowest BCUT2D eigenvalue weighted by atomic mass is 9.99. The number of benzene rings is 1. The first-order valence-electron chi connectivity index (χ1n) is 6.49. The summed E-state index contributed by atoms with van der Waals surface area (Å²) in [6.07, 6.45) is 3.37. The van der Waals surface area contributed by atoms with E-state index in [0.29, 0.717) is 17.3 Å². The Morgan fingerprint density at radius 1 is 1.27 bits per heavy atom. The van der Waals surface area contributed by atoms with Crippen molar-refractivity contribution in [1.82, 2.24) is 5.32 Å². The van der Waals surface area contributed by atoms with E-state index in [1.54, 1.807) is 42.5 Å². The molecule has 1 aliphatic rings. The van der Waals surface area contributed by atoms with Gasteiger partial charge in [-0.05, 0) is 17.2 Å². The van der Waals surface area contributed by atoms with Crippen molar-refractivity contribution < 1.29 is 14.3 Å². The van der Waals surface area contributed by atoms with Crippen LogP contribution in [0.5, 0.6) is 0 Å². The van der Waals surface area contributed by atoms with Crippen molar-refractivity contribution in [3.05, 3.63) is 63.7 Å². The Kier molecular flexibility index (Phi) is 5.43. The van der Waals surface area contributed by atoms with Crippen LogP contribution in [0.25, 0.3) is 0 Å². The van der Waals surface area contributed by atoms with E-state index in [2.05, 4.69) is 10.5 Å². The van der Waals surface area contributed by atoms with Gasteiger partial charge in [0.1, 0.15) is 11.8 Å². The maximum Gasteiger partial charge on any atom is 0.323 e. The molecule has 1 aromatic carbocycles. The number of esters is 1. The van der Waals surface area contributed by atoms with Crippen LogP contribution >= 0.6 is 11.6 Å². The zero-order valence-corrected chi connectivity index (χ0v) is 12.2. The van der Waals surface area contributed by atoms with Gasteiger partial charge >= 0.3 is 11.9 Å². The van der Waals surface area contributed by atoms with Crippen molar-refractivity contribution in [2.45, 2.75) is 5.92 Å². The van der Waals surface area contributed by atoms with E-state index in [0.717, 1.165) is 5.57 Å². The van der Waals surface area contributed by atoms with Crippen LogP contribution < -0.4 is 5.32 Å². The minimum atomic E-state index is -1.34. The van der Waals surface area contributed by atoms with Crippen LogP contribution in [0, 0.1) is 4.91 Å². The summed E-state index contributed by atoms with van der Waals surface area (Å²) in [6.45, 7) is 0.445. The monoisotopic (exact) mass is 320 g/mol. The number of nitrogens with zero attached hydrogens (tertiary/aromatic N) is 1. The molecule has 0 aromatic heterocycles. The van der Waals surface area contributed by atoms with E-state index in [1.807, 2.05) is 0 Å². The van der Waals surface area contributed by atoms with Crippen molar-refractivity contribution in [3.63, 3.8) is 0 Å². The molecule has 0 spiro atoms. The maximum atomic E-state index is 12.1. The van der Waals surface area contributed by atoms with Gasteiger partial charge in [0.25, 0.3) is 0 Å². The summed E-state index contributed by atoms with van der Waals surface area (Å²) < 4.78 is 5.12. The number of carbonyl (C=O) groups is 2. The average Bonchev–Trinajstić information content (AvgIpc) is 2.55. The lowest BCUT2D eigenvalue weighted by Gasteiger charge is -2.16. The number of nitrogens with one attached hydrogen (secondary N) is 1. The average molecular weight is 321 g/mol. The Bertz CT molecular complexity index is 640. The molecule has 1 atom stereocenters. The van der Waals surface area contributed by atoms with Gasteiger partial charge in [0.15, 0.2) is 5.92 Å². The Hall–Kier alpha value is -2.47. The SMILES string of the molecule is O=NC(=O)C(C(=O)OCC1=CC=C(Cl)NC1)c1ccccc1. The van der Waals surface area contributed by atoms with Crippen molar-refractivity contribution in [3.8, 4) is 0 Å². The summed E-state index contributed by atoms with van der Waals surface area (Å²) in [6, 6.07) is 8.19. The Morgan fingerprint density at radius 3 is 2.59 bits per heavy atom. The Labute approximate surface area is 131 Å². The highest BCUT2D eigenvalue weighted by Crippen LogP contribution is 2.20. The first kappa shape index (κ1) is 15.9. The molecule has 114 valence electrons. The highest BCUT2D eigenvalue weighted by atomic mass is 35.5. The zero-order chi connectivity index (χ0) is 15.9. The molecular formula is C15H13ClN2O4. The van der Waals surface area contributed by atoms with Gasteiger partial charge in [-0.25, -0.2) is 0 Å². The molecule has 1 heterocycles. The number of allylic oxidation sites excluding steroid dienone is 2. The van der Waals surface area contributed by atoms with Crippen molar-refractivity contribution in [1.29, 1.82) is 0 Å². The number of hydrogen-bond donors (Lipinski definition) is 1. The van der Waals surface area contributed by atoms with Crippen LogP contribution in [0.1, 0.15) is 11.5 Å². The Balaban J connectivity index is 2.07. The van der Waals surface area contributed by atoms with Crippen LogP contribution in [0.3, 0.4) is 0 Å². The fraction of sp³-hybridized carbons (Fsp3) is 0.200. The van der Waals surface area contributed by atoms with E-state index in [-0.39, 0.29) is 6.61 Å². The summed E-state index contributed by atoms with van der Waals surface area (Å²) in [7, 11) is 0. The van der Waals surface area contributed by atoms with Crippen molar-refractivity contribution in [2.75, 3.05) is 13.2 Å². The lowest BCUT2D eigenvalue weighted by Crippen LogP contribution is -2.25. The predicted molar refractivity (Wildman–Crippen MR) is 81.0 cm³/mol. The zero-order valence-electron chi connectivity index (χ0n) is 11.5. The molecule has 0 saturated carbocycles. The summed E-state index contributed by atoms with van der Waals surface area (Å²) >= 11 is 5.74. The Morgan fingerprint density at radius 2 is 2.00 bits per heavy atom. The summed E-state index contributed by atoms with van der Waals surface area (Å²) in [5, 5.41) is 5.73. The topological polar surface area (TPSA) is 84.8 Å². The fourth-order valence-corrected chi connectivity index (χ4v) is 2.06. The molecule has 0 bridgehead atoms. The minimum Gasteiger partial charge on any atom is -0.460 e. The second-order valence-electron chi connectivity index (χ2n) is 4.57. The number of ether oxygens (including phenoxy) is 1. The van der Waals surface area contributed by atoms with E-state index in [4.69, 9.17) is 16.3 Å². The van der Waals surface area contributed by atoms with Gasteiger partial charge in [0.05, 0.1) is 0 Å². The third-order valence-corrected chi connectivity index (χ3v) is 3.31.